The number of ether oxygens (including phenoxy) is 1. The third kappa shape index (κ3) is 3.26. The fourth-order valence-electron chi connectivity index (χ4n) is 5.40. The van der Waals surface area contributed by atoms with Gasteiger partial charge in [0.05, 0.1) is 22.7 Å². The average Bonchev–Trinajstić information content (AvgIpc) is 3.23. The first-order valence-corrected chi connectivity index (χ1v) is 12.3. The molecule has 0 fully saturated rings. The number of carbonyl (C=O) groups is 2. The lowest BCUT2D eigenvalue weighted by atomic mass is 9.83. The van der Waals surface area contributed by atoms with E-state index >= 15 is 0 Å². The largest absolute Gasteiger partial charge is 0.450 e. The Hall–Kier alpha value is -3.71. The van der Waals surface area contributed by atoms with Crippen LogP contribution in [0.5, 0.6) is 0 Å². The van der Waals surface area contributed by atoms with Gasteiger partial charge in [-0.1, -0.05) is 24.3 Å². The molecule has 3 aromatic rings. The number of fused-ring (bicyclic) bond motifs is 5. The third-order valence-corrected chi connectivity index (χ3v) is 7.14. The fourth-order valence-corrected chi connectivity index (χ4v) is 5.40. The van der Waals surface area contributed by atoms with E-state index in [0.717, 1.165) is 11.1 Å². The normalized spacial score (nSPS) is 18.6. The van der Waals surface area contributed by atoms with Crippen LogP contribution in [0.4, 0.5) is 5.69 Å². The predicted molar refractivity (Wildman–Crippen MR) is 138 cm³/mol. The first-order chi connectivity index (χ1) is 17.2. The molecule has 36 heavy (non-hydrogen) atoms. The molecular weight excluding hydrogens is 456 g/mol. The summed E-state index contributed by atoms with van der Waals surface area (Å²) in [7, 11) is 0. The first-order valence-electron chi connectivity index (χ1n) is 12.3. The van der Waals surface area contributed by atoms with Gasteiger partial charge in [-0.05, 0) is 63.4 Å². The van der Waals surface area contributed by atoms with Crippen LogP contribution >= 0.6 is 0 Å². The van der Waals surface area contributed by atoms with E-state index in [-0.39, 0.29) is 41.9 Å². The van der Waals surface area contributed by atoms with Crippen LogP contribution in [0.1, 0.15) is 53.1 Å². The van der Waals surface area contributed by atoms with E-state index < -0.39 is 11.4 Å². The highest BCUT2D eigenvalue weighted by Gasteiger charge is 2.64. The van der Waals surface area contributed by atoms with Gasteiger partial charge in [0.1, 0.15) is 5.58 Å². The number of anilines is 1. The van der Waals surface area contributed by atoms with Gasteiger partial charge < -0.3 is 19.0 Å². The zero-order valence-electron chi connectivity index (χ0n) is 21.1. The van der Waals surface area contributed by atoms with E-state index in [1.165, 1.54) is 4.90 Å². The number of nitrogens with zero attached hydrogens (tertiary/aromatic N) is 2. The highest BCUT2D eigenvalue weighted by Crippen LogP contribution is 2.52. The highest BCUT2D eigenvalue weighted by molar-refractivity contribution is 6.17. The van der Waals surface area contributed by atoms with E-state index in [9.17, 15) is 14.4 Å². The number of rotatable bonds is 7. The molecule has 0 saturated heterocycles. The van der Waals surface area contributed by atoms with Gasteiger partial charge in [0.2, 0.25) is 5.76 Å². The molecule has 2 aliphatic rings. The molecule has 0 bridgehead atoms. The van der Waals surface area contributed by atoms with Crippen LogP contribution in [0.15, 0.2) is 58.3 Å². The molecule has 1 spiro atoms. The maximum absolute atomic E-state index is 14.3. The Bertz CT molecular complexity index is 1470. The molecule has 2 aromatic carbocycles. The Morgan fingerprint density at radius 1 is 1.11 bits per heavy atom. The lowest BCUT2D eigenvalue weighted by Gasteiger charge is -2.34. The standard InChI is InChI=1S/C29H30N2O5/c1-6-12-30-22-11-8-7-10-21(22)29(28(30)34)24-25(32)20-15-18(4)19(5)16-23(20)36-26(24)27(33)31(29)13-9-14-35-17(2)3/h6-8,10-11,15-17H,1,9,12-14H2,2-5H3/t29-/m1/s1. The molecule has 0 radical (unpaired) electrons. The van der Waals surface area contributed by atoms with Crippen molar-refractivity contribution in [1.29, 1.82) is 0 Å². The Balaban J connectivity index is 1.79. The lowest BCUT2D eigenvalue weighted by molar-refractivity contribution is -0.126. The van der Waals surface area contributed by atoms with Gasteiger partial charge in [0, 0.05) is 25.3 Å². The van der Waals surface area contributed by atoms with Crippen molar-refractivity contribution in [2.24, 2.45) is 0 Å². The minimum atomic E-state index is -1.60. The Morgan fingerprint density at radius 2 is 1.83 bits per heavy atom. The molecule has 0 N–H and O–H groups in total. The number of benzene rings is 2. The topological polar surface area (TPSA) is 80.1 Å². The maximum Gasteiger partial charge on any atom is 0.291 e. The predicted octanol–water partition coefficient (Wildman–Crippen LogP) is 4.46. The summed E-state index contributed by atoms with van der Waals surface area (Å²) in [4.78, 5) is 45.5. The van der Waals surface area contributed by atoms with E-state index in [1.807, 2.05) is 52.0 Å². The smallest absolute Gasteiger partial charge is 0.291 e. The van der Waals surface area contributed by atoms with E-state index in [0.29, 0.717) is 35.2 Å². The van der Waals surface area contributed by atoms with Crippen LogP contribution in [-0.2, 0) is 15.1 Å². The molecule has 186 valence electrons. The van der Waals surface area contributed by atoms with Crippen LogP contribution in [0.2, 0.25) is 0 Å². The van der Waals surface area contributed by atoms with E-state index in [1.54, 1.807) is 23.1 Å². The molecule has 7 heteroatoms. The summed E-state index contributed by atoms with van der Waals surface area (Å²) in [5.41, 5.74) is 1.63. The molecule has 0 unspecified atom stereocenters. The Kier molecular flexibility index (Phi) is 5.83. The maximum atomic E-state index is 14.3. The number of hydrogen-bond acceptors (Lipinski definition) is 5. The van der Waals surface area contributed by atoms with Gasteiger partial charge in [-0.25, -0.2) is 0 Å². The van der Waals surface area contributed by atoms with Gasteiger partial charge in [0.15, 0.2) is 11.0 Å². The van der Waals surface area contributed by atoms with Gasteiger partial charge in [-0.2, -0.15) is 0 Å². The monoisotopic (exact) mass is 486 g/mol. The van der Waals surface area contributed by atoms with Crippen molar-refractivity contribution in [3.63, 3.8) is 0 Å². The molecular formula is C29H30N2O5. The Labute approximate surface area is 210 Å². The number of amides is 2. The second kappa shape index (κ2) is 8.75. The van der Waals surface area contributed by atoms with Crippen molar-refractivity contribution in [3.05, 3.63) is 87.3 Å². The molecule has 5 rings (SSSR count). The van der Waals surface area contributed by atoms with Gasteiger partial charge in [0.25, 0.3) is 11.8 Å². The Morgan fingerprint density at radius 3 is 2.56 bits per heavy atom. The average molecular weight is 487 g/mol. The molecule has 1 aromatic heterocycles. The molecule has 2 amide bonds. The summed E-state index contributed by atoms with van der Waals surface area (Å²) in [6.45, 7) is 12.4. The molecule has 7 nitrogen and oxygen atoms in total. The molecule has 3 heterocycles. The van der Waals surface area contributed by atoms with Crippen LogP contribution in [0.25, 0.3) is 11.0 Å². The van der Waals surface area contributed by atoms with Crippen molar-refractivity contribution in [2.75, 3.05) is 24.6 Å². The SMILES string of the molecule is C=CCN1C(=O)[C@@]2(c3ccccc31)c1c(oc3cc(C)c(C)cc3c1=O)C(=O)N2CCCOC(C)C. The molecule has 2 aliphatic heterocycles. The van der Waals surface area contributed by atoms with Crippen molar-refractivity contribution in [1.82, 2.24) is 4.90 Å². The zero-order valence-corrected chi connectivity index (χ0v) is 21.1. The van der Waals surface area contributed by atoms with Crippen molar-refractivity contribution >= 4 is 28.5 Å². The summed E-state index contributed by atoms with van der Waals surface area (Å²) in [6, 6.07) is 10.9. The van der Waals surface area contributed by atoms with Gasteiger partial charge >= 0.3 is 0 Å². The lowest BCUT2D eigenvalue weighted by Crippen LogP contribution is -2.53. The molecule has 0 saturated carbocycles. The van der Waals surface area contributed by atoms with Crippen molar-refractivity contribution < 1.29 is 18.7 Å². The third-order valence-electron chi connectivity index (χ3n) is 7.14. The number of hydrogen-bond donors (Lipinski definition) is 0. The number of aryl methyl sites for hydroxylation is 2. The van der Waals surface area contributed by atoms with Crippen LogP contribution in [0, 0.1) is 13.8 Å². The van der Waals surface area contributed by atoms with Crippen LogP contribution in [-0.4, -0.2) is 42.5 Å². The summed E-state index contributed by atoms with van der Waals surface area (Å²) >= 11 is 0. The minimum absolute atomic E-state index is 0.0439. The fraction of sp³-hybridized carbons (Fsp3) is 0.345. The van der Waals surface area contributed by atoms with Crippen molar-refractivity contribution in [2.45, 2.75) is 45.8 Å². The summed E-state index contributed by atoms with van der Waals surface area (Å²) in [6.07, 6.45) is 2.19. The molecule has 0 aliphatic carbocycles. The molecule has 1 atom stereocenters. The number of para-hydroxylation sites is 1. The summed E-state index contributed by atoms with van der Waals surface area (Å²) in [5, 5.41) is 0.362. The first kappa shape index (κ1) is 24.0. The second-order valence-electron chi connectivity index (χ2n) is 9.73. The zero-order chi connectivity index (χ0) is 25.8. The van der Waals surface area contributed by atoms with Crippen LogP contribution < -0.4 is 10.3 Å². The minimum Gasteiger partial charge on any atom is -0.450 e. The van der Waals surface area contributed by atoms with Crippen molar-refractivity contribution in [3.8, 4) is 0 Å². The van der Waals surface area contributed by atoms with Gasteiger partial charge in [-0.3, -0.25) is 14.4 Å². The summed E-state index contributed by atoms with van der Waals surface area (Å²) < 4.78 is 11.8. The van der Waals surface area contributed by atoms with E-state index in [4.69, 9.17) is 9.15 Å². The van der Waals surface area contributed by atoms with E-state index in [2.05, 4.69) is 6.58 Å². The quantitative estimate of drug-likeness (QED) is 0.364. The van der Waals surface area contributed by atoms with Gasteiger partial charge in [-0.15, -0.1) is 6.58 Å². The number of carbonyl (C=O) groups excluding carboxylic acids is 2. The highest BCUT2D eigenvalue weighted by atomic mass is 16.5. The second-order valence-corrected chi connectivity index (χ2v) is 9.73. The van der Waals surface area contributed by atoms with Crippen LogP contribution in [0.3, 0.4) is 0 Å². The summed E-state index contributed by atoms with van der Waals surface area (Å²) in [5.74, 6) is -0.879.